The van der Waals surface area contributed by atoms with Gasteiger partial charge >= 0.3 is 6.09 Å². The number of hydrogen-bond acceptors (Lipinski definition) is 15. The number of anilines is 4. The number of likely N-dealkylation sites (tertiary alicyclic amines) is 3. The minimum atomic E-state index is -0.556. The minimum absolute atomic E-state index is 0.0271. The molecule has 6 aromatic rings. The van der Waals surface area contributed by atoms with Crippen molar-refractivity contribution < 1.29 is 28.7 Å². The van der Waals surface area contributed by atoms with Crippen molar-refractivity contribution >= 4 is 75.3 Å². The zero-order valence-electron chi connectivity index (χ0n) is 47.7. The van der Waals surface area contributed by atoms with Gasteiger partial charge in [-0.25, -0.2) is 24.7 Å². The third-order valence-electron chi connectivity index (χ3n) is 16.7. The molecule has 10 heterocycles. The van der Waals surface area contributed by atoms with Crippen LogP contribution in [0.15, 0.2) is 61.2 Å². The third kappa shape index (κ3) is 11.7. The van der Waals surface area contributed by atoms with E-state index in [9.17, 15) is 24.0 Å². The highest BCUT2D eigenvalue weighted by atomic mass is 16.6. The number of aromatic nitrogens is 8. The second-order valence-electron chi connectivity index (χ2n) is 24.1. The highest BCUT2D eigenvalue weighted by molar-refractivity contribution is 5.99. The average Bonchev–Trinajstić information content (AvgIpc) is 4.52. The Labute approximate surface area is 472 Å². The summed E-state index contributed by atoms with van der Waals surface area (Å²) >= 11 is 0. The summed E-state index contributed by atoms with van der Waals surface area (Å²) < 4.78 is 9.78. The maximum absolute atomic E-state index is 13.3. The molecule has 0 spiro atoms. The zero-order valence-corrected chi connectivity index (χ0v) is 47.7. The minimum Gasteiger partial charge on any atom is -0.444 e. The molecule has 0 radical (unpaired) electrons. The topological polar surface area (TPSA) is 234 Å². The summed E-state index contributed by atoms with van der Waals surface area (Å²) in [5.41, 5.74) is 3.30. The average molecular weight is 1110 g/mol. The Morgan fingerprint density at radius 2 is 1.01 bits per heavy atom. The smallest absolute Gasteiger partial charge is 0.410 e. The molecule has 6 fully saturated rings. The fraction of sp³-hybridized carbons (Fsp3) is 0.542. The van der Waals surface area contributed by atoms with Crippen LogP contribution in [0.5, 0.6) is 0 Å². The van der Waals surface area contributed by atoms with E-state index in [2.05, 4.69) is 45.0 Å². The Kier molecular flexibility index (Phi) is 15.7. The highest BCUT2D eigenvalue weighted by Crippen LogP contribution is 2.37. The van der Waals surface area contributed by atoms with Crippen LogP contribution < -0.4 is 16.0 Å². The molecule has 6 aromatic heterocycles. The Morgan fingerprint density at radius 3 is 1.40 bits per heavy atom. The van der Waals surface area contributed by atoms with Crippen LogP contribution >= 0.6 is 0 Å². The maximum Gasteiger partial charge on any atom is 0.410 e. The van der Waals surface area contributed by atoms with Crippen LogP contribution in [0.2, 0.25) is 0 Å². The molecule has 428 valence electrons. The van der Waals surface area contributed by atoms with Gasteiger partial charge < -0.3 is 54.3 Å². The first kappa shape index (κ1) is 55.2. The van der Waals surface area contributed by atoms with Gasteiger partial charge in [0.25, 0.3) is 23.6 Å². The summed E-state index contributed by atoms with van der Waals surface area (Å²) in [6.45, 7) is 8.14. The first-order chi connectivity index (χ1) is 39.0. The predicted molar refractivity (Wildman–Crippen MR) is 307 cm³/mol. The van der Waals surface area contributed by atoms with Gasteiger partial charge in [0.15, 0.2) is 0 Å². The van der Waals surface area contributed by atoms with E-state index >= 15 is 0 Å². The van der Waals surface area contributed by atoms with E-state index in [1.54, 1.807) is 91.9 Å². The van der Waals surface area contributed by atoms with Crippen LogP contribution in [0, 0.1) is 0 Å². The molecule has 12 rings (SSSR count). The summed E-state index contributed by atoms with van der Waals surface area (Å²) in [4.78, 5) is 101. The van der Waals surface area contributed by atoms with Gasteiger partial charge in [0.05, 0.1) is 23.2 Å². The van der Waals surface area contributed by atoms with Gasteiger partial charge in [-0.2, -0.15) is 9.97 Å². The number of hydrogen-bond donors (Lipinski definition) is 3. The molecule has 2 aliphatic carbocycles. The summed E-state index contributed by atoms with van der Waals surface area (Å²) in [5.74, 6) is 1.73. The summed E-state index contributed by atoms with van der Waals surface area (Å²) in [6.07, 6.45) is 21.7. The van der Waals surface area contributed by atoms with Crippen LogP contribution in [0.1, 0.15) is 164 Å². The summed E-state index contributed by atoms with van der Waals surface area (Å²) in [7, 11) is 7.09. The van der Waals surface area contributed by atoms with Crippen molar-refractivity contribution in [3.8, 4) is 0 Å². The second-order valence-corrected chi connectivity index (χ2v) is 24.1. The Morgan fingerprint density at radius 1 is 0.556 bits per heavy atom. The lowest BCUT2D eigenvalue weighted by Crippen LogP contribution is -2.51. The molecule has 22 nitrogen and oxygen atoms in total. The fourth-order valence-electron chi connectivity index (χ4n) is 12.7. The number of ether oxygens (including phenoxy) is 1. The van der Waals surface area contributed by atoms with Crippen LogP contribution in [-0.4, -0.2) is 177 Å². The number of carbonyl (C=O) groups excluding carboxylic acids is 5. The molecule has 6 aliphatic rings. The Hall–Kier alpha value is -7.75. The third-order valence-corrected chi connectivity index (χ3v) is 16.7. The van der Waals surface area contributed by atoms with Crippen LogP contribution in [0.4, 0.5) is 28.3 Å². The van der Waals surface area contributed by atoms with Gasteiger partial charge in [0, 0.05) is 114 Å². The molecule has 5 amide bonds. The highest BCUT2D eigenvalue weighted by Gasteiger charge is 2.48. The SMILES string of the molecule is CN(C)C(=O)c1cc2cnc(Nc3ccc(C(=O)N4CC5CC4CN5)cn3)nc2n1C1CCCCCC1.CN(C)C(=O)c1cc2cnc(Nc3ccc(C(=O)N4CC5CC4CN5C(=O)OC(C)(C)C)cn3)nc2n1C1CCCCCC1. The molecule has 81 heavy (non-hydrogen) atoms. The van der Waals surface area contributed by atoms with Gasteiger partial charge in [-0.3, -0.25) is 19.2 Å². The quantitative estimate of drug-likeness (QED) is 0.109. The van der Waals surface area contributed by atoms with Crippen molar-refractivity contribution in [3.05, 3.63) is 83.7 Å². The van der Waals surface area contributed by atoms with Crippen molar-refractivity contribution in [1.29, 1.82) is 0 Å². The van der Waals surface area contributed by atoms with E-state index in [0.29, 0.717) is 65.2 Å². The van der Waals surface area contributed by atoms with Gasteiger partial charge in [-0.1, -0.05) is 51.4 Å². The Bertz CT molecular complexity index is 3300. The monoisotopic (exact) mass is 1100 g/mol. The molecule has 4 bridgehead atoms. The molecule has 3 N–H and O–H groups in total. The lowest BCUT2D eigenvalue weighted by Gasteiger charge is -2.35. The van der Waals surface area contributed by atoms with Gasteiger partial charge in [0.1, 0.15) is 39.9 Å². The van der Waals surface area contributed by atoms with Crippen molar-refractivity contribution in [2.75, 3.05) is 65.0 Å². The van der Waals surface area contributed by atoms with E-state index in [4.69, 9.17) is 14.7 Å². The molecular formula is C59H76N16O6. The van der Waals surface area contributed by atoms with Crippen molar-refractivity contribution in [3.63, 3.8) is 0 Å². The van der Waals surface area contributed by atoms with Crippen LogP contribution in [-0.2, 0) is 4.74 Å². The van der Waals surface area contributed by atoms with E-state index in [0.717, 1.165) is 99.4 Å². The van der Waals surface area contributed by atoms with Gasteiger partial charge in [-0.05, 0) is 95.7 Å². The van der Waals surface area contributed by atoms with Gasteiger partial charge in [0.2, 0.25) is 11.9 Å². The fourth-order valence-corrected chi connectivity index (χ4v) is 12.7. The molecule has 4 saturated heterocycles. The number of nitrogens with one attached hydrogen (secondary N) is 3. The van der Waals surface area contributed by atoms with Crippen LogP contribution in [0.3, 0.4) is 0 Å². The maximum atomic E-state index is 13.3. The van der Waals surface area contributed by atoms with Crippen molar-refractivity contribution in [1.82, 2.24) is 68.9 Å². The van der Waals surface area contributed by atoms with E-state index in [-0.39, 0.29) is 59.9 Å². The van der Waals surface area contributed by atoms with Crippen LogP contribution in [0.25, 0.3) is 22.1 Å². The van der Waals surface area contributed by atoms with E-state index in [1.165, 1.54) is 25.7 Å². The van der Waals surface area contributed by atoms with E-state index in [1.807, 2.05) is 42.7 Å². The predicted octanol–water partition coefficient (Wildman–Crippen LogP) is 8.35. The number of pyridine rings is 2. The molecule has 22 heteroatoms. The number of amides is 5. The summed E-state index contributed by atoms with van der Waals surface area (Å²) in [5, 5.41) is 11.5. The largest absolute Gasteiger partial charge is 0.444 e. The molecule has 4 aliphatic heterocycles. The normalized spacial score (nSPS) is 21.1. The van der Waals surface area contributed by atoms with E-state index < -0.39 is 5.60 Å². The first-order valence-electron chi connectivity index (χ1n) is 29.0. The second kappa shape index (κ2) is 23.0. The lowest BCUT2D eigenvalue weighted by molar-refractivity contribution is 0.0126. The first-order valence-corrected chi connectivity index (χ1v) is 29.0. The summed E-state index contributed by atoms with van der Waals surface area (Å²) in [6, 6.07) is 12.0. The number of carbonyl (C=O) groups is 5. The molecule has 2 saturated carbocycles. The van der Waals surface area contributed by atoms with Gasteiger partial charge in [-0.15, -0.1) is 0 Å². The lowest BCUT2D eigenvalue weighted by atomic mass is 10.1. The van der Waals surface area contributed by atoms with Crippen molar-refractivity contribution in [2.45, 2.75) is 153 Å². The Balaban J connectivity index is 0.000000173. The number of nitrogens with zero attached hydrogens (tertiary/aromatic N) is 13. The molecule has 0 aromatic carbocycles. The standard InChI is InChI=1S/C32H42N8O4.C27H34N8O2/c1-32(2,3)44-31(43)39-19-23-15-24(39)18-38(23)28(41)20-12-13-26(33-16-20)35-30-34-17-21-14-25(29(42)37(4)5)40(27(21)36-30)22-10-8-6-7-9-11-22;1-33(2)26(37)22-11-18-14-30-27(32-24(18)35(22)20-7-5-3-4-6-8-20)31-23-10-9-17(13-29-23)25(36)34-16-19-12-21(34)15-28-19/h12-14,16-17,22-24H,6-11,15,18-19H2,1-5H3,(H,33,34,35,36);9-11,13-14,19-21,28H,3-8,12,15-16H2,1-2H3,(H,29,30,31,32). The number of fused-ring (bicyclic) bond motifs is 6. The molecule has 4 atom stereocenters. The molecular weight excluding hydrogens is 1030 g/mol. The number of rotatable bonds is 10. The zero-order chi connectivity index (χ0) is 56.7. The number of piperazine rings is 2. The molecule has 4 unspecified atom stereocenters. The van der Waals surface area contributed by atoms with Crippen molar-refractivity contribution in [2.24, 2.45) is 0 Å².